The summed E-state index contributed by atoms with van der Waals surface area (Å²) in [6, 6.07) is 13.5. The molecule has 2 heterocycles. The molecule has 0 spiro atoms. The number of rotatable bonds is 5. The molecule has 10 heteroatoms. The fourth-order valence-electron chi connectivity index (χ4n) is 2.68. The molecule has 2 aromatic carbocycles. The van der Waals surface area contributed by atoms with Crippen molar-refractivity contribution >= 4 is 34.7 Å². The Balaban J connectivity index is 1.66. The molecule has 140 valence electrons. The fraction of sp³-hybridized carbons (Fsp3) is 0.0556. The lowest BCUT2D eigenvalue weighted by Gasteiger charge is -2.04. The monoisotopic (exact) mass is 413 g/mol. The number of benzene rings is 2. The molecule has 0 saturated carbocycles. The smallest absolute Gasteiger partial charge is 0.285 e. The maximum absolute atomic E-state index is 12.3. The van der Waals surface area contributed by atoms with Crippen LogP contribution < -0.4 is 5.69 Å². The summed E-state index contributed by atoms with van der Waals surface area (Å²) in [5.41, 5.74) is 2.34. The normalized spacial score (nSPS) is 11.0. The number of fused-ring (bicyclic) bond motifs is 1. The summed E-state index contributed by atoms with van der Waals surface area (Å²) < 4.78 is 1.20. The van der Waals surface area contributed by atoms with Crippen molar-refractivity contribution in [1.82, 2.24) is 19.6 Å². The van der Waals surface area contributed by atoms with E-state index in [1.54, 1.807) is 30.5 Å². The SMILES string of the molecule is O=c1[nH]c(SCc2cccc([N+](=O)[O-])c2)nc2c(-c3ccc(Cl)cc3)cnn12. The van der Waals surface area contributed by atoms with E-state index in [-0.39, 0.29) is 5.69 Å². The number of non-ortho nitro benzene ring substituents is 1. The molecule has 1 N–H and O–H groups in total. The van der Waals surface area contributed by atoms with Gasteiger partial charge in [0.15, 0.2) is 10.8 Å². The molecule has 0 bridgehead atoms. The van der Waals surface area contributed by atoms with E-state index in [1.165, 1.54) is 28.4 Å². The first-order valence-electron chi connectivity index (χ1n) is 8.11. The molecule has 28 heavy (non-hydrogen) atoms. The summed E-state index contributed by atoms with van der Waals surface area (Å²) >= 11 is 7.22. The molecule has 4 aromatic rings. The molecule has 0 atom stereocenters. The molecule has 0 aliphatic rings. The standard InChI is InChI=1S/C18H12ClN5O3S/c19-13-6-4-12(5-7-13)15-9-20-23-16(15)21-17(22-18(23)25)28-10-11-2-1-3-14(8-11)24(26)27/h1-9H,10H2,(H,21,22,25). The molecule has 2 aromatic heterocycles. The number of hydrogen-bond donors (Lipinski definition) is 1. The Morgan fingerprint density at radius 1 is 1.21 bits per heavy atom. The van der Waals surface area contributed by atoms with Gasteiger partial charge in [-0.3, -0.25) is 15.1 Å². The van der Waals surface area contributed by atoms with E-state index in [1.807, 2.05) is 12.1 Å². The molecule has 0 fully saturated rings. The van der Waals surface area contributed by atoms with E-state index in [2.05, 4.69) is 15.1 Å². The van der Waals surface area contributed by atoms with Gasteiger partial charge in [0.05, 0.1) is 11.1 Å². The molecule has 4 rings (SSSR count). The lowest BCUT2D eigenvalue weighted by Crippen LogP contribution is -2.19. The lowest BCUT2D eigenvalue weighted by molar-refractivity contribution is -0.384. The molecular weight excluding hydrogens is 402 g/mol. The van der Waals surface area contributed by atoms with Crippen LogP contribution in [0, 0.1) is 10.1 Å². The first kappa shape index (κ1) is 18.2. The first-order chi connectivity index (χ1) is 13.5. The third-order valence-corrected chi connectivity index (χ3v) is 5.21. The van der Waals surface area contributed by atoms with Gasteiger partial charge in [0.2, 0.25) is 0 Å². The van der Waals surface area contributed by atoms with Crippen molar-refractivity contribution in [2.24, 2.45) is 0 Å². The molecule has 0 saturated heterocycles. The summed E-state index contributed by atoms with van der Waals surface area (Å²) in [5, 5.41) is 16.0. The maximum Gasteiger partial charge on any atom is 0.350 e. The van der Waals surface area contributed by atoms with Crippen LogP contribution in [0.25, 0.3) is 16.8 Å². The average Bonchev–Trinajstić information content (AvgIpc) is 3.12. The van der Waals surface area contributed by atoms with Gasteiger partial charge in [-0.1, -0.05) is 47.6 Å². The van der Waals surface area contributed by atoms with E-state index >= 15 is 0 Å². The predicted molar refractivity (Wildman–Crippen MR) is 107 cm³/mol. The van der Waals surface area contributed by atoms with Crippen LogP contribution in [0.2, 0.25) is 5.02 Å². The van der Waals surface area contributed by atoms with Crippen LogP contribution in [0.15, 0.2) is 64.7 Å². The van der Waals surface area contributed by atoms with Crippen molar-refractivity contribution in [3.05, 3.63) is 85.9 Å². The Kier molecular flexibility index (Phi) is 4.84. The van der Waals surface area contributed by atoms with Crippen LogP contribution in [-0.2, 0) is 5.75 Å². The van der Waals surface area contributed by atoms with E-state index in [0.29, 0.717) is 27.1 Å². The van der Waals surface area contributed by atoms with Crippen LogP contribution in [0.1, 0.15) is 5.56 Å². The molecule has 0 aliphatic carbocycles. The Hall–Kier alpha value is -3.17. The quantitative estimate of drug-likeness (QED) is 0.302. The summed E-state index contributed by atoms with van der Waals surface area (Å²) in [6.07, 6.45) is 1.58. The van der Waals surface area contributed by atoms with Gasteiger partial charge in [-0.05, 0) is 23.3 Å². The van der Waals surface area contributed by atoms with Gasteiger partial charge in [-0.15, -0.1) is 0 Å². The van der Waals surface area contributed by atoms with Crippen molar-refractivity contribution in [2.75, 3.05) is 0 Å². The number of halogens is 1. The zero-order valence-corrected chi connectivity index (χ0v) is 15.8. The van der Waals surface area contributed by atoms with Crippen LogP contribution in [0.3, 0.4) is 0 Å². The van der Waals surface area contributed by atoms with Crippen molar-refractivity contribution in [1.29, 1.82) is 0 Å². The number of hydrogen-bond acceptors (Lipinski definition) is 6. The Morgan fingerprint density at radius 2 is 2.00 bits per heavy atom. The number of H-pyrrole nitrogens is 1. The second-order valence-electron chi connectivity index (χ2n) is 5.86. The van der Waals surface area contributed by atoms with E-state index in [0.717, 1.165) is 11.1 Å². The predicted octanol–water partition coefficient (Wildman–Crippen LogP) is 3.94. The van der Waals surface area contributed by atoms with Crippen LogP contribution in [-0.4, -0.2) is 24.5 Å². The summed E-state index contributed by atoms with van der Waals surface area (Å²) in [5.74, 6) is 0.422. The van der Waals surface area contributed by atoms with Crippen molar-refractivity contribution in [2.45, 2.75) is 10.9 Å². The number of thioether (sulfide) groups is 1. The topological polar surface area (TPSA) is 106 Å². The van der Waals surface area contributed by atoms with Gasteiger partial charge in [0.1, 0.15) is 0 Å². The Bertz CT molecular complexity index is 1240. The van der Waals surface area contributed by atoms with Crippen molar-refractivity contribution in [3.8, 4) is 11.1 Å². The lowest BCUT2D eigenvalue weighted by atomic mass is 10.1. The minimum Gasteiger partial charge on any atom is -0.285 e. The number of aromatic nitrogens is 4. The highest BCUT2D eigenvalue weighted by molar-refractivity contribution is 7.98. The number of nitro groups is 1. The number of nitro benzene ring substituents is 1. The third kappa shape index (κ3) is 3.62. The largest absolute Gasteiger partial charge is 0.350 e. The zero-order valence-electron chi connectivity index (χ0n) is 14.2. The molecule has 8 nitrogen and oxygen atoms in total. The van der Waals surface area contributed by atoms with Crippen molar-refractivity contribution < 1.29 is 4.92 Å². The summed E-state index contributed by atoms with van der Waals surface area (Å²) in [4.78, 5) is 30.0. The minimum atomic E-state index is -0.439. The Labute approximate surface area is 167 Å². The molecule has 0 amide bonds. The van der Waals surface area contributed by atoms with Crippen molar-refractivity contribution in [3.63, 3.8) is 0 Å². The van der Waals surface area contributed by atoms with Gasteiger partial charge in [0.25, 0.3) is 5.69 Å². The number of nitrogens with zero attached hydrogens (tertiary/aromatic N) is 4. The van der Waals surface area contributed by atoms with Crippen LogP contribution >= 0.6 is 23.4 Å². The van der Waals surface area contributed by atoms with Gasteiger partial charge in [0, 0.05) is 28.5 Å². The summed E-state index contributed by atoms with van der Waals surface area (Å²) in [6.45, 7) is 0. The average molecular weight is 414 g/mol. The number of nitrogens with one attached hydrogen (secondary N) is 1. The molecule has 0 unspecified atom stereocenters. The highest BCUT2D eigenvalue weighted by Gasteiger charge is 2.13. The highest BCUT2D eigenvalue weighted by atomic mass is 35.5. The van der Waals surface area contributed by atoms with E-state index in [9.17, 15) is 14.9 Å². The Morgan fingerprint density at radius 3 is 2.75 bits per heavy atom. The molecular formula is C18H12ClN5O3S. The van der Waals surface area contributed by atoms with Gasteiger partial charge < -0.3 is 0 Å². The maximum atomic E-state index is 12.3. The highest BCUT2D eigenvalue weighted by Crippen LogP contribution is 2.26. The van der Waals surface area contributed by atoms with E-state index in [4.69, 9.17) is 11.6 Å². The zero-order chi connectivity index (χ0) is 19.7. The molecule has 0 radical (unpaired) electrons. The third-order valence-electron chi connectivity index (χ3n) is 4.01. The molecule has 0 aliphatic heterocycles. The fourth-order valence-corrected chi connectivity index (χ4v) is 3.60. The van der Waals surface area contributed by atoms with Gasteiger partial charge >= 0.3 is 5.69 Å². The minimum absolute atomic E-state index is 0.0239. The van der Waals surface area contributed by atoms with Gasteiger partial charge in [-0.2, -0.15) is 9.61 Å². The number of aromatic amines is 1. The van der Waals surface area contributed by atoms with Crippen LogP contribution in [0.5, 0.6) is 0 Å². The second-order valence-corrected chi connectivity index (χ2v) is 7.26. The van der Waals surface area contributed by atoms with Gasteiger partial charge in [-0.25, -0.2) is 9.78 Å². The first-order valence-corrected chi connectivity index (χ1v) is 9.48. The van der Waals surface area contributed by atoms with E-state index < -0.39 is 10.6 Å². The van der Waals surface area contributed by atoms with Crippen LogP contribution in [0.4, 0.5) is 5.69 Å². The summed E-state index contributed by atoms with van der Waals surface area (Å²) in [7, 11) is 0. The second kappa shape index (κ2) is 7.45.